The molecule has 25 heavy (non-hydrogen) atoms. The van der Waals surface area contributed by atoms with Gasteiger partial charge in [0.2, 0.25) is 5.91 Å². The number of aryl methyl sites for hydroxylation is 4. The number of nitrogens with one attached hydrogen (secondary N) is 1. The molecule has 0 saturated carbocycles. The molecule has 5 nitrogen and oxygen atoms in total. The van der Waals surface area contributed by atoms with E-state index in [0.29, 0.717) is 13.0 Å². The van der Waals surface area contributed by atoms with E-state index in [2.05, 4.69) is 52.1 Å². The summed E-state index contributed by atoms with van der Waals surface area (Å²) in [5, 5.41) is 11.6. The second-order valence-corrected chi connectivity index (χ2v) is 7.02. The van der Waals surface area contributed by atoms with Crippen molar-refractivity contribution >= 4 is 5.91 Å². The monoisotopic (exact) mass is 340 g/mol. The van der Waals surface area contributed by atoms with Gasteiger partial charge in [-0.3, -0.25) is 4.79 Å². The maximum atomic E-state index is 12.1. The third kappa shape index (κ3) is 4.68. The largest absolute Gasteiger partial charge is 0.356 e. The quantitative estimate of drug-likeness (QED) is 0.879. The summed E-state index contributed by atoms with van der Waals surface area (Å²) in [5.41, 5.74) is 3.78. The molecule has 1 aromatic carbocycles. The Hall–Kier alpha value is -2.17. The molecule has 1 aliphatic rings. The molecule has 0 atom stereocenters. The van der Waals surface area contributed by atoms with Crippen LogP contribution in [0.25, 0.3) is 0 Å². The van der Waals surface area contributed by atoms with Crippen molar-refractivity contribution in [1.29, 1.82) is 0 Å². The zero-order valence-corrected chi connectivity index (χ0v) is 15.3. The number of carbonyl (C=O) groups is 1. The Bertz CT molecular complexity index is 735. The van der Waals surface area contributed by atoms with Crippen molar-refractivity contribution < 1.29 is 4.79 Å². The third-order valence-electron chi connectivity index (χ3n) is 4.98. The lowest BCUT2D eigenvalue weighted by atomic mass is 10.0. The van der Waals surface area contributed by atoms with Gasteiger partial charge in [0.15, 0.2) is 0 Å². The average Bonchev–Trinajstić information content (AvgIpc) is 2.81. The summed E-state index contributed by atoms with van der Waals surface area (Å²) in [6.07, 6.45) is 6.75. The van der Waals surface area contributed by atoms with E-state index in [9.17, 15) is 4.79 Å². The van der Waals surface area contributed by atoms with Crippen molar-refractivity contribution in [2.75, 3.05) is 6.54 Å². The lowest BCUT2D eigenvalue weighted by Gasteiger charge is -2.09. The van der Waals surface area contributed by atoms with Crippen LogP contribution in [0.15, 0.2) is 18.2 Å². The van der Waals surface area contributed by atoms with Crippen molar-refractivity contribution in [3.05, 3.63) is 46.5 Å². The molecular formula is C20H28N4O. The fourth-order valence-corrected chi connectivity index (χ4v) is 3.51. The van der Waals surface area contributed by atoms with E-state index < -0.39 is 0 Å². The van der Waals surface area contributed by atoms with Crippen LogP contribution >= 0.6 is 0 Å². The van der Waals surface area contributed by atoms with Gasteiger partial charge in [0.25, 0.3) is 0 Å². The minimum absolute atomic E-state index is 0.107. The summed E-state index contributed by atoms with van der Waals surface area (Å²) in [7, 11) is 0. The van der Waals surface area contributed by atoms with E-state index in [0.717, 1.165) is 37.5 Å². The SMILES string of the molecule is Cc1ccc(CCC(=O)NCCc2nnc3n2CCCCC3)c(C)c1. The van der Waals surface area contributed by atoms with E-state index in [-0.39, 0.29) is 5.91 Å². The highest BCUT2D eigenvalue weighted by atomic mass is 16.1. The van der Waals surface area contributed by atoms with Crippen molar-refractivity contribution in [3.63, 3.8) is 0 Å². The Morgan fingerprint density at radius 3 is 2.88 bits per heavy atom. The second kappa shape index (κ2) is 8.28. The maximum Gasteiger partial charge on any atom is 0.220 e. The topological polar surface area (TPSA) is 59.8 Å². The van der Waals surface area contributed by atoms with Gasteiger partial charge in [0.1, 0.15) is 11.6 Å². The van der Waals surface area contributed by atoms with Crippen LogP contribution in [-0.4, -0.2) is 27.2 Å². The predicted molar refractivity (Wildman–Crippen MR) is 98.5 cm³/mol. The molecule has 0 aliphatic carbocycles. The Morgan fingerprint density at radius 1 is 1.16 bits per heavy atom. The maximum absolute atomic E-state index is 12.1. The highest BCUT2D eigenvalue weighted by Crippen LogP contribution is 2.15. The zero-order chi connectivity index (χ0) is 17.6. The first-order valence-corrected chi connectivity index (χ1v) is 9.37. The minimum Gasteiger partial charge on any atom is -0.356 e. The molecule has 0 unspecified atom stereocenters. The Kier molecular flexibility index (Phi) is 5.84. The first kappa shape index (κ1) is 17.6. The molecule has 3 rings (SSSR count). The molecule has 5 heteroatoms. The smallest absolute Gasteiger partial charge is 0.220 e. The molecule has 0 fully saturated rings. The predicted octanol–water partition coefficient (Wildman–Crippen LogP) is 2.91. The number of benzene rings is 1. The molecule has 1 aromatic heterocycles. The average molecular weight is 340 g/mol. The molecule has 0 spiro atoms. The summed E-state index contributed by atoms with van der Waals surface area (Å²) in [6.45, 7) is 5.84. The molecule has 0 bridgehead atoms. The number of amides is 1. The van der Waals surface area contributed by atoms with Crippen LogP contribution in [0.5, 0.6) is 0 Å². The number of fused-ring (bicyclic) bond motifs is 1. The number of nitrogens with zero attached hydrogens (tertiary/aromatic N) is 3. The normalized spacial score (nSPS) is 14.0. The summed E-state index contributed by atoms with van der Waals surface area (Å²) >= 11 is 0. The van der Waals surface area contributed by atoms with Crippen molar-refractivity contribution in [3.8, 4) is 0 Å². The van der Waals surface area contributed by atoms with Crippen LogP contribution < -0.4 is 5.32 Å². The molecule has 134 valence electrons. The molecule has 2 heterocycles. The van der Waals surface area contributed by atoms with Crippen LogP contribution in [0.4, 0.5) is 0 Å². The van der Waals surface area contributed by atoms with Crippen LogP contribution in [0.3, 0.4) is 0 Å². The molecule has 1 amide bonds. The summed E-state index contributed by atoms with van der Waals surface area (Å²) in [5.74, 6) is 2.22. The van der Waals surface area contributed by atoms with E-state index in [1.54, 1.807) is 0 Å². The van der Waals surface area contributed by atoms with E-state index in [4.69, 9.17) is 0 Å². The van der Waals surface area contributed by atoms with Gasteiger partial charge >= 0.3 is 0 Å². The van der Waals surface area contributed by atoms with Gasteiger partial charge in [0.05, 0.1) is 0 Å². The van der Waals surface area contributed by atoms with Crippen LogP contribution in [0.1, 0.15) is 54.0 Å². The Labute approximate surface area is 149 Å². The van der Waals surface area contributed by atoms with Crippen LogP contribution in [0.2, 0.25) is 0 Å². The molecule has 1 N–H and O–H groups in total. The number of aromatic nitrogens is 3. The van der Waals surface area contributed by atoms with Gasteiger partial charge in [-0.25, -0.2) is 0 Å². The summed E-state index contributed by atoms with van der Waals surface area (Å²) in [6, 6.07) is 6.41. The van der Waals surface area contributed by atoms with Crippen molar-refractivity contribution in [2.45, 2.75) is 65.3 Å². The van der Waals surface area contributed by atoms with E-state index in [1.165, 1.54) is 36.0 Å². The molecule has 0 radical (unpaired) electrons. The van der Waals surface area contributed by atoms with Crippen LogP contribution in [-0.2, 0) is 30.6 Å². The summed E-state index contributed by atoms with van der Waals surface area (Å²) in [4.78, 5) is 12.1. The van der Waals surface area contributed by atoms with Gasteiger partial charge in [-0.15, -0.1) is 10.2 Å². The van der Waals surface area contributed by atoms with E-state index in [1.807, 2.05) is 0 Å². The number of hydrogen-bond acceptors (Lipinski definition) is 3. The first-order valence-electron chi connectivity index (χ1n) is 9.37. The standard InChI is InChI=1S/C20H28N4O/c1-15-7-8-17(16(2)14-15)9-10-20(25)21-12-11-19-23-22-18-6-4-3-5-13-24(18)19/h7-8,14H,3-6,9-13H2,1-2H3,(H,21,25). The van der Waals surface area contributed by atoms with Gasteiger partial charge in [-0.2, -0.15) is 0 Å². The van der Waals surface area contributed by atoms with Gasteiger partial charge in [-0.1, -0.05) is 30.2 Å². The Morgan fingerprint density at radius 2 is 2.04 bits per heavy atom. The highest BCUT2D eigenvalue weighted by molar-refractivity contribution is 5.76. The Balaban J connectivity index is 1.44. The minimum atomic E-state index is 0.107. The lowest BCUT2D eigenvalue weighted by molar-refractivity contribution is -0.121. The van der Waals surface area contributed by atoms with Crippen LogP contribution in [0, 0.1) is 13.8 Å². The molecule has 2 aromatic rings. The fourth-order valence-electron chi connectivity index (χ4n) is 3.51. The molecule has 1 aliphatic heterocycles. The second-order valence-electron chi connectivity index (χ2n) is 7.02. The third-order valence-corrected chi connectivity index (χ3v) is 4.98. The summed E-state index contributed by atoms with van der Waals surface area (Å²) < 4.78 is 2.24. The first-order chi connectivity index (χ1) is 12.1. The van der Waals surface area contributed by atoms with Crippen molar-refractivity contribution in [1.82, 2.24) is 20.1 Å². The fraction of sp³-hybridized carbons (Fsp3) is 0.550. The van der Waals surface area contributed by atoms with Gasteiger partial charge < -0.3 is 9.88 Å². The van der Waals surface area contributed by atoms with E-state index >= 15 is 0 Å². The van der Waals surface area contributed by atoms with Crippen molar-refractivity contribution in [2.24, 2.45) is 0 Å². The number of hydrogen-bond donors (Lipinski definition) is 1. The lowest BCUT2D eigenvalue weighted by Crippen LogP contribution is -2.26. The zero-order valence-electron chi connectivity index (χ0n) is 15.3. The highest BCUT2D eigenvalue weighted by Gasteiger charge is 2.14. The van der Waals surface area contributed by atoms with Gasteiger partial charge in [-0.05, 0) is 44.2 Å². The van der Waals surface area contributed by atoms with Gasteiger partial charge in [0, 0.05) is 32.4 Å². The molecular weight excluding hydrogens is 312 g/mol. The number of carbonyl (C=O) groups excluding carboxylic acids is 1. The number of rotatable bonds is 6. The molecule has 0 saturated heterocycles.